The molecule has 0 radical (unpaired) electrons. The van der Waals surface area contributed by atoms with E-state index in [4.69, 9.17) is 14.0 Å². The van der Waals surface area contributed by atoms with Crippen LogP contribution in [0, 0.1) is 0 Å². The first-order chi connectivity index (χ1) is 13.2. The van der Waals surface area contributed by atoms with Crippen LogP contribution >= 0.6 is 0 Å². The van der Waals surface area contributed by atoms with Gasteiger partial charge in [-0.2, -0.15) is 0 Å². The Morgan fingerprint density at radius 2 is 2.04 bits per heavy atom. The lowest BCUT2D eigenvalue weighted by atomic mass is 10.1. The largest absolute Gasteiger partial charge is 0.497 e. The fraction of sp³-hybridized carbons (Fsp3) is 0.333. The molecular weight excluding hydrogens is 344 g/mol. The minimum absolute atomic E-state index is 0.00912. The lowest BCUT2D eigenvalue weighted by Crippen LogP contribution is -2.47. The number of morpholine rings is 1. The quantitative estimate of drug-likeness (QED) is 0.695. The molecule has 1 aliphatic rings. The van der Waals surface area contributed by atoms with E-state index in [9.17, 15) is 4.79 Å². The number of methoxy groups -OCH3 is 1. The number of ether oxygens (including phenoxy) is 2. The maximum absolute atomic E-state index is 12.8. The first-order valence-electron chi connectivity index (χ1n) is 9.08. The molecule has 1 aliphatic heterocycles. The van der Waals surface area contributed by atoms with E-state index in [1.807, 2.05) is 53.4 Å². The third-order valence-corrected chi connectivity index (χ3v) is 4.88. The molecule has 0 aliphatic carbocycles. The summed E-state index contributed by atoms with van der Waals surface area (Å²) in [4.78, 5) is 14.6. The number of hydrogen-bond acceptors (Lipinski definition) is 5. The van der Waals surface area contributed by atoms with Crippen molar-refractivity contribution < 1.29 is 18.8 Å². The van der Waals surface area contributed by atoms with Gasteiger partial charge in [-0.3, -0.25) is 4.79 Å². The van der Waals surface area contributed by atoms with Crippen LogP contribution in [0.2, 0.25) is 0 Å². The third-order valence-electron chi connectivity index (χ3n) is 4.88. The molecule has 4 rings (SSSR count). The number of aromatic nitrogens is 1. The SMILES string of the molecule is COc1ccc(C[C@@H]2CN(C(=O)Cc3noc4ccccc34)CCO2)cc1. The van der Waals surface area contributed by atoms with Gasteiger partial charge in [-0.25, -0.2) is 0 Å². The summed E-state index contributed by atoms with van der Waals surface area (Å²) in [6.45, 7) is 1.74. The van der Waals surface area contributed by atoms with Crippen LogP contribution in [0.3, 0.4) is 0 Å². The molecule has 27 heavy (non-hydrogen) atoms. The number of fused-ring (bicyclic) bond motifs is 1. The summed E-state index contributed by atoms with van der Waals surface area (Å²) in [5, 5.41) is 4.96. The van der Waals surface area contributed by atoms with Crippen molar-refractivity contribution in [2.75, 3.05) is 26.8 Å². The molecule has 1 atom stereocenters. The number of amides is 1. The number of benzene rings is 2. The number of hydrogen-bond donors (Lipinski definition) is 0. The maximum Gasteiger partial charge on any atom is 0.228 e. The van der Waals surface area contributed by atoms with Crippen molar-refractivity contribution >= 4 is 16.9 Å². The van der Waals surface area contributed by atoms with E-state index >= 15 is 0 Å². The van der Waals surface area contributed by atoms with E-state index in [-0.39, 0.29) is 18.4 Å². The van der Waals surface area contributed by atoms with Crippen molar-refractivity contribution in [1.29, 1.82) is 0 Å². The smallest absolute Gasteiger partial charge is 0.228 e. The highest BCUT2D eigenvalue weighted by molar-refractivity contribution is 5.86. The summed E-state index contributed by atoms with van der Waals surface area (Å²) in [7, 11) is 1.65. The first kappa shape index (κ1) is 17.5. The van der Waals surface area contributed by atoms with Gasteiger partial charge < -0.3 is 18.9 Å². The van der Waals surface area contributed by atoms with Crippen molar-refractivity contribution in [3.63, 3.8) is 0 Å². The highest BCUT2D eigenvalue weighted by Crippen LogP contribution is 2.20. The van der Waals surface area contributed by atoms with Crippen molar-refractivity contribution in [2.24, 2.45) is 0 Å². The van der Waals surface area contributed by atoms with E-state index in [0.29, 0.717) is 31.0 Å². The molecule has 0 saturated carbocycles. The monoisotopic (exact) mass is 366 g/mol. The Hall–Kier alpha value is -2.86. The summed E-state index contributed by atoms with van der Waals surface area (Å²) in [6.07, 6.45) is 0.998. The number of para-hydroxylation sites is 1. The van der Waals surface area contributed by atoms with E-state index in [1.54, 1.807) is 7.11 Å². The average Bonchev–Trinajstić information content (AvgIpc) is 3.12. The highest BCUT2D eigenvalue weighted by Gasteiger charge is 2.25. The predicted octanol–water partition coefficient (Wildman–Crippen LogP) is 2.85. The first-order valence-corrected chi connectivity index (χ1v) is 9.08. The number of nitrogens with zero attached hydrogens (tertiary/aromatic N) is 2. The molecule has 1 fully saturated rings. The Balaban J connectivity index is 1.39. The molecular formula is C21H22N2O4. The van der Waals surface area contributed by atoms with Gasteiger partial charge in [-0.1, -0.05) is 29.4 Å². The Labute approximate surface area is 157 Å². The summed E-state index contributed by atoms with van der Waals surface area (Å²) in [5.74, 6) is 0.886. The Morgan fingerprint density at radius 3 is 2.85 bits per heavy atom. The normalized spacial score (nSPS) is 17.2. The van der Waals surface area contributed by atoms with Gasteiger partial charge in [0.25, 0.3) is 0 Å². The molecule has 1 aromatic heterocycles. The molecule has 0 spiro atoms. The van der Waals surface area contributed by atoms with Crippen LogP contribution in [0.25, 0.3) is 11.0 Å². The number of carbonyl (C=O) groups is 1. The highest BCUT2D eigenvalue weighted by atomic mass is 16.5. The van der Waals surface area contributed by atoms with Crippen LogP contribution in [-0.2, 0) is 22.4 Å². The second kappa shape index (κ2) is 7.80. The van der Waals surface area contributed by atoms with Crippen molar-refractivity contribution in [3.05, 3.63) is 59.8 Å². The van der Waals surface area contributed by atoms with Gasteiger partial charge in [-0.15, -0.1) is 0 Å². The lowest BCUT2D eigenvalue weighted by molar-refractivity contribution is -0.138. The van der Waals surface area contributed by atoms with Crippen LogP contribution in [-0.4, -0.2) is 48.9 Å². The summed E-state index contributed by atoms with van der Waals surface area (Å²) < 4.78 is 16.4. The fourth-order valence-corrected chi connectivity index (χ4v) is 3.41. The van der Waals surface area contributed by atoms with Gasteiger partial charge in [0.15, 0.2) is 5.58 Å². The van der Waals surface area contributed by atoms with Crippen LogP contribution in [0.5, 0.6) is 5.75 Å². The van der Waals surface area contributed by atoms with Crippen LogP contribution < -0.4 is 4.74 Å². The zero-order valence-electron chi connectivity index (χ0n) is 15.3. The molecule has 140 valence electrons. The topological polar surface area (TPSA) is 64.8 Å². The van der Waals surface area contributed by atoms with Crippen molar-refractivity contribution in [1.82, 2.24) is 10.1 Å². The number of carbonyl (C=O) groups excluding carboxylic acids is 1. The standard InChI is InChI=1S/C21H22N2O4/c1-25-16-8-6-15(7-9-16)12-17-14-23(10-11-26-17)21(24)13-19-18-4-2-3-5-20(18)27-22-19/h2-9,17H,10-14H2,1H3/t17-/m1/s1. The van der Waals surface area contributed by atoms with Gasteiger partial charge in [0.1, 0.15) is 11.4 Å². The Kier molecular flexibility index (Phi) is 5.07. The van der Waals surface area contributed by atoms with Gasteiger partial charge in [0.05, 0.1) is 26.2 Å². The summed E-state index contributed by atoms with van der Waals surface area (Å²) in [6, 6.07) is 15.6. The summed E-state index contributed by atoms with van der Waals surface area (Å²) >= 11 is 0. The Bertz CT molecular complexity index is 919. The van der Waals surface area contributed by atoms with Crippen molar-refractivity contribution in [2.45, 2.75) is 18.9 Å². The van der Waals surface area contributed by atoms with Gasteiger partial charge in [-0.05, 0) is 29.8 Å². The molecule has 0 unspecified atom stereocenters. The fourth-order valence-electron chi connectivity index (χ4n) is 3.41. The second-order valence-corrected chi connectivity index (χ2v) is 6.69. The van der Waals surface area contributed by atoms with Crippen LogP contribution in [0.15, 0.2) is 53.1 Å². The van der Waals surface area contributed by atoms with Crippen LogP contribution in [0.4, 0.5) is 0 Å². The molecule has 2 aromatic carbocycles. The zero-order chi connectivity index (χ0) is 18.6. The number of rotatable bonds is 5. The van der Waals surface area contributed by atoms with E-state index < -0.39 is 0 Å². The minimum Gasteiger partial charge on any atom is -0.497 e. The zero-order valence-corrected chi connectivity index (χ0v) is 15.3. The van der Waals surface area contributed by atoms with E-state index in [1.165, 1.54) is 0 Å². The predicted molar refractivity (Wildman–Crippen MR) is 101 cm³/mol. The molecule has 3 aromatic rings. The van der Waals surface area contributed by atoms with Gasteiger partial charge in [0, 0.05) is 24.9 Å². The van der Waals surface area contributed by atoms with Crippen LogP contribution in [0.1, 0.15) is 11.3 Å². The molecule has 0 N–H and O–H groups in total. The molecule has 0 bridgehead atoms. The van der Waals surface area contributed by atoms with Gasteiger partial charge >= 0.3 is 0 Å². The van der Waals surface area contributed by atoms with Crippen molar-refractivity contribution in [3.8, 4) is 5.75 Å². The summed E-state index contributed by atoms with van der Waals surface area (Å²) in [5.41, 5.74) is 2.56. The maximum atomic E-state index is 12.8. The molecule has 1 amide bonds. The van der Waals surface area contributed by atoms with E-state index in [2.05, 4.69) is 5.16 Å². The second-order valence-electron chi connectivity index (χ2n) is 6.69. The molecule has 1 saturated heterocycles. The molecule has 6 heteroatoms. The Morgan fingerprint density at radius 1 is 1.22 bits per heavy atom. The minimum atomic E-state index is -0.00912. The third kappa shape index (κ3) is 3.95. The average molecular weight is 366 g/mol. The molecule has 6 nitrogen and oxygen atoms in total. The van der Waals surface area contributed by atoms with Gasteiger partial charge in [0.2, 0.25) is 5.91 Å². The molecule has 2 heterocycles. The lowest BCUT2D eigenvalue weighted by Gasteiger charge is -2.33. The van der Waals surface area contributed by atoms with E-state index in [0.717, 1.165) is 23.1 Å².